The average molecular weight is 286 g/mol. The number of aliphatic carboxylic acids is 1. The van der Waals surface area contributed by atoms with Crippen molar-refractivity contribution in [3.8, 4) is 0 Å². The number of hydrogen-bond donors (Lipinski definition) is 1. The lowest BCUT2D eigenvalue weighted by Crippen LogP contribution is -2.47. The number of carboxylic acid groups (broad SMARTS) is 1. The van der Waals surface area contributed by atoms with Crippen molar-refractivity contribution < 1.29 is 14.6 Å². The van der Waals surface area contributed by atoms with Crippen LogP contribution in [0.15, 0.2) is 0 Å². The molecule has 2 aliphatic rings. The summed E-state index contributed by atoms with van der Waals surface area (Å²) in [5.41, 5.74) is -0.203. The van der Waals surface area contributed by atoms with Crippen molar-refractivity contribution >= 4 is 17.7 Å². The van der Waals surface area contributed by atoms with Crippen molar-refractivity contribution in [1.29, 1.82) is 0 Å². The molecule has 110 valence electrons. The Morgan fingerprint density at radius 3 is 2.53 bits per heavy atom. The fourth-order valence-corrected chi connectivity index (χ4v) is 4.96. The van der Waals surface area contributed by atoms with Crippen LogP contribution in [-0.4, -0.2) is 34.8 Å². The van der Waals surface area contributed by atoms with E-state index in [1.165, 1.54) is 0 Å². The summed E-state index contributed by atoms with van der Waals surface area (Å²) in [4.78, 5) is 11.7. The van der Waals surface area contributed by atoms with Gasteiger partial charge in [-0.15, -0.1) is 0 Å². The summed E-state index contributed by atoms with van der Waals surface area (Å²) >= 11 is 1.99. The Morgan fingerprint density at radius 2 is 2.00 bits per heavy atom. The maximum absolute atomic E-state index is 11.7. The molecule has 2 unspecified atom stereocenters. The number of thioether (sulfide) groups is 1. The van der Waals surface area contributed by atoms with Gasteiger partial charge in [-0.3, -0.25) is 4.79 Å². The molecule has 0 aromatic rings. The Morgan fingerprint density at radius 1 is 1.37 bits per heavy atom. The standard InChI is InChI=1S/C15H26O3S/c1-14(2,3)12(13(16)17)11-4-7-18-15(10-11)5-8-19-9-6-15/h11-12H,4-10H2,1-3H3,(H,16,17). The lowest BCUT2D eigenvalue weighted by Gasteiger charge is -2.46. The Balaban J connectivity index is 2.13. The van der Waals surface area contributed by atoms with E-state index < -0.39 is 5.97 Å². The zero-order valence-electron chi connectivity index (χ0n) is 12.3. The maximum Gasteiger partial charge on any atom is 0.307 e. The van der Waals surface area contributed by atoms with E-state index >= 15 is 0 Å². The summed E-state index contributed by atoms with van der Waals surface area (Å²) in [5, 5.41) is 9.60. The minimum Gasteiger partial charge on any atom is -0.481 e. The van der Waals surface area contributed by atoms with Crippen LogP contribution in [0.25, 0.3) is 0 Å². The topological polar surface area (TPSA) is 46.5 Å². The third-order valence-corrected chi connectivity index (χ3v) is 5.59. The number of hydrogen-bond acceptors (Lipinski definition) is 3. The number of carboxylic acids is 1. The van der Waals surface area contributed by atoms with Crippen LogP contribution in [0.2, 0.25) is 0 Å². The Kier molecular flexibility index (Phi) is 4.51. The van der Waals surface area contributed by atoms with Gasteiger partial charge in [0, 0.05) is 6.61 Å². The van der Waals surface area contributed by atoms with E-state index in [-0.39, 0.29) is 22.9 Å². The summed E-state index contributed by atoms with van der Waals surface area (Å²) in [6.45, 7) is 6.87. The zero-order valence-corrected chi connectivity index (χ0v) is 13.1. The quantitative estimate of drug-likeness (QED) is 0.845. The normalized spacial score (nSPS) is 29.1. The van der Waals surface area contributed by atoms with E-state index in [1.807, 2.05) is 32.5 Å². The molecule has 2 rings (SSSR count). The molecule has 19 heavy (non-hydrogen) atoms. The van der Waals surface area contributed by atoms with Gasteiger partial charge >= 0.3 is 5.97 Å². The van der Waals surface area contributed by atoms with Crippen molar-refractivity contribution in [3.05, 3.63) is 0 Å². The fraction of sp³-hybridized carbons (Fsp3) is 0.933. The molecule has 2 saturated heterocycles. The molecule has 3 nitrogen and oxygen atoms in total. The average Bonchev–Trinajstić information content (AvgIpc) is 2.27. The summed E-state index contributed by atoms with van der Waals surface area (Å²) in [5.74, 6) is 1.66. The van der Waals surface area contributed by atoms with Crippen molar-refractivity contribution in [2.24, 2.45) is 17.3 Å². The van der Waals surface area contributed by atoms with Gasteiger partial charge in [0.05, 0.1) is 11.5 Å². The first-order valence-corrected chi connectivity index (χ1v) is 8.44. The SMILES string of the molecule is CC(C)(C)C(C(=O)O)C1CCOC2(CCSCC2)C1. The zero-order chi connectivity index (χ0) is 14.1. The molecule has 0 saturated carbocycles. The second-order valence-corrected chi connectivity index (χ2v) is 8.30. The van der Waals surface area contributed by atoms with E-state index in [0.717, 1.165) is 43.8 Å². The van der Waals surface area contributed by atoms with Gasteiger partial charge in [-0.25, -0.2) is 0 Å². The molecule has 1 N–H and O–H groups in total. The van der Waals surface area contributed by atoms with E-state index in [4.69, 9.17) is 4.74 Å². The Bertz CT molecular complexity index is 323. The molecule has 2 atom stereocenters. The maximum atomic E-state index is 11.7. The van der Waals surface area contributed by atoms with Gasteiger partial charge in [-0.1, -0.05) is 20.8 Å². The van der Waals surface area contributed by atoms with E-state index in [9.17, 15) is 9.90 Å². The lowest BCUT2D eigenvalue weighted by atomic mass is 9.67. The van der Waals surface area contributed by atoms with Gasteiger partial charge in [0.1, 0.15) is 0 Å². The molecule has 0 aliphatic carbocycles. The number of ether oxygens (including phenoxy) is 1. The molecular weight excluding hydrogens is 260 g/mol. The minimum atomic E-state index is -0.639. The van der Waals surface area contributed by atoms with Gasteiger partial charge in [-0.2, -0.15) is 11.8 Å². The highest BCUT2D eigenvalue weighted by molar-refractivity contribution is 7.99. The first-order chi connectivity index (χ1) is 8.84. The molecule has 0 bridgehead atoms. The van der Waals surface area contributed by atoms with Crippen LogP contribution in [0.1, 0.15) is 46.5 Å². The van der Waals surface area contributed by atoms with Crippen molar-refractivity contribution in [3.63, 3.8) is 0 Å². The third-order valence-electron chi connectivity index (χ3n) is 4.61. The fourth-order valence-electron chi connectivity index (χ4n) is 3.72. The van der Waals surface area contributed by atoms with Gasteiger partial charge in [-0.05, 0) is 48.5 Å². The lowest BCUT2D eigenvalue weighted by molar-refractivity contribution is -0.157. The highest BCUT2D eigenvalue weighted by Crippen LogP contribution is 2.45. The molecule has 0 amide bonds. The van der Waals surface area contributed by atoms with Crippen LogP contribution >= 0.6 is 11.8 Å². The minimum absolute atomic E-state index is 0.0207. The van der Waals surface area contributed by atoms with Crippen molar-refractivity contribution in [1.82, 2.24) is 0 Å². The third kappa shape index (κ3) is 3.46. The molecular formula is C15H26O3S. The predicted octanol–water partition coefficient (Wildman–Crippen LogP) is 3.43. The Labute approximate surface area is 120 Å². The van der Waals surface area contributed by atoms with Crippen LogP contribution < -0.4 is 0 Å². The molecule has 2 heterocycles. The van der Waals surface area contributed by atoms with Crippen LogP contribution in [0.3, 0.4) is 0 Å². The van der Waals surface area contributed by atoms with Crippen LogP contribution in [0, 0.1) is 17.3 Å². The van der Waals surface area contributed by atoms with Crippen LogP contribution in [0.4, 0.5) is 0 Å². The molecule has 2 aliphatic heterocycles. The molecule has 0 radical (unpaired) electrons. The molecule has 1 spiro atoms. The van der Waals surface area contributed by atoms with Gasteiger partial charge in [0.25, 0.3) is 0 Å². The van der Waals surface area contributed by atoms with E-state index in [1.54, 1.807) is 0 Å². The van der Waals surface area contributed by atoms with Gasteiger partial charge in [0.2, 0.25) is 0 Å². The largest absolute Gasteiger partial charge is 0.481 e. The van der Waals surface area contributed by atoms with Crippen molar-refractivity contribution in [2.45, 2.75) is 52.1 Å². The predicted molar refractivity (Wildman–Crippen MR) is 78.5 cm³/mol. The monoisotopic (exact) mass is 286 g/mol. The molecule has 4 heteroatoms. The molecule has 0 aromatic heterocycles. The summed E-state index contributed by atoms with van der Waals surface area (Å²) in [7, 11) is 0. The molecule has 0 aromatic carbocycles. The van der Waals surface area contributed by atoms with Crippen molar-refractivity contribution in [2.75, 3.05) is 18.1 Å². The highest BCUT2D eigenvalue weighted by atomic mass is 32.2. The number of rotatable bonds is 2. The van der Waals surface area contributed by atoms with E-state index in [2.05, 4.69) is 0 Å². The van der Waals surface area contributed by atoms with Crippen LogP contribution in [-0.2, 0) is 9.53 Å². The second kappa shape index (κ2) is 5.65. The van der Waals surface area contributed by atoms with Gasteiger partial charge < -0.3 is 9.84 Å². The Hall–Kier alpha value is -0.220. The van der Waals surface area contributed by atoms with E-state index in [0.29, 0.717) is 0 Å². The molecule has 2 fully saturated rings. The van der Waals surface area contributed by atoms with Crippen LogP contribution in [0.5, 0.6) is 0 Å². The first-order valence-electron chi connectivity index (χ1n) is 7.29. The number of carbonyl (C=O) groups is 1. The summed E-state index contributed by atoms with van der Waals surface area (Å²) < 4.78 is 6.07. The highest BCUT2D eigenvalue weighted by Gasteiger charge is 2.46. The first kappa shape index (κ1) is 15.2. The smallest absolute Gasteiger partial charge is 0.307 e. The summed E-state index contributed by atoms with van der Waals surface area (Å²) in [6, 6.07) is 0. The van der Waals surface area contributed by atoms with Gasteiger partial charge in [0.15, 0.2) is 0 Å². The second-order valence-electron chi connectivity index (χ2n) is 7.08. The summed E-state index contributed by atoms with van der Waals surface area (Å²) in [6.07, 6.45) is 4.00.